The SMILES string of the molecule is CCN1CCCC1CN(C)S(=O)(=O)C(C)CNC(C)C. The van der Waals surface area contributed by atoms with Crippen LogP contribution in [-0.2, 0) is 10.0 Å². The van der Waals surface area contributed by atoms with Crippen LogP contribution in [0.1, 0.15) is 40.5 Å². The maximum Gasteiger partial charge on any atom is 0.217 e. The van der Waals surface area contributed by atoms with E-state index in [2.05, 4.69) is 17.1 Å². The molecule has 1 rings (SSSR count). The molecule has 0 aromatic rings. The molecule has 0 bridgehead atoms. The molecule has 20 heavy (non-hydrogen) atoms. The Labute approximate surface area is 124 Å². The molecule has 0 spiro atoms. The highest BCUT2D eigenvalue weighted by Crippen LogP contribution is 2.19. The highest BCUT2D eigenvalue weighted by atomic mass is 32.2. The fraction of sp³-hybridized carbons (Fsp3) is 1.00. The Balaban J connectivity index is 2.57. The molecule has 0 aliphatic carbocycles. The average molecular weight is 305 g/mol. The van der Waals surface area contributed by atoms with Gasteiger partial charge in [0.1, 0.15) is 0 Å². The van der Waals surface area contributed by atoms with Crippen LogP contribution in [0.4, 0.5) is 0 Å². The molecule has 120 valence electrons. The first-order valence-electron chi connectivity index (χ1n) is 7.71. The minimum atomic E-state index is -3.21. The van der Waals surface area contributed by atoms with Crippen LogP contribution in [-0.4, -0.2) is 68.2 Å². The number of hydrogen-bond donors (Lipinski definition) is 1. The Bertz CT molecular complexity index is 384. The van der Waals surface area contributed by atoms with E-state index in [1.165, 1.54) is 6.42 Å². The summed E-state index contributed by atoms with van der Waals surface area (Å²) in [6.45, 7) is 11.2. The fourth-order valence-corrected chi connectivity index (χ4v) is 4.03. The number of rotatable bonds is 8. The zero-order chi connectivity index (χ0) is 15.3. The Morgan fingerprint density at radius 3 is 2.55 bits per heavy atom. The number of likely N-dealkylation sites (tertiary alicyclic amines) is 1. The van der Waals surface area contributed by atoms with E-state index in [1.54, 1.807) is 18.3 Å². The zero-order valence-electron chi connectivity index (χ0n) is 13.6. The Kier molecular flexibility index (Phi) is 6.91. The van der Waals surface area contributed by atoms with Gasteiger partial charge in [0.25, 0.3) is 0 Å². The molecule has 1 fully saturated rings. The lowest BCUT2D eigenvalue weighted by atomic mass is 10.2. The first-order valence-corrected chi connectivity index (χ1v) is 9.22. The van der Waals surface area contributed by atoms with E-state index in [0.717, 1.165) is 19.5 Å². The van der Waals surface area contributed by atoms with Crippen molar-refractivity contribution in [2.24, 2.45) is 0 Å². The van der Waals surface area contributed by atoms with Crippen molar-refractivity contribution >= 4 is 10.0 Å². The van der Waals surface area contributed by atoms with Crippen molar-refractivity contribution in [3.8, 4) is 0 Å². The van der Waals surface area contributed by atoms with Crippen molar-refractivity contribution in [3.63, 3.8) is 0 Å². The molecule has 5 nitrogen and oxygen atoms in total. The van der Waals surface area contributed by atoms with Crippen molar-refractivity contribution in [2.75, 3.05) is 33.2 Å². The van der Waals surface area contributed by atoms with Crippen molar-refractivity contribution in [1.82, 2.24) is 14.5 Å². The first kappa shape index (κ1) is 17.9. The van der Waals surface area contributed by atoms with Gasteiger partial charge in [-0.25, -0.2) is 12.7 Å². The van der Waals surface area contributed by atoms with Crippen LogP contribution in [0.3, 0.4) is 0 Å². The van der Waals surface area contributed by atoms with Crippen LogP contribution in [0.2, 0.25) is 0 Å². The van der Waals surface area contributed by atoms with Gasteiger partial charge in [-0.2, -0.15) is 0 Å². The van der Waals surface area contributed by atoms with E-state index in [4.69, 9.17) is 0 Å². The summed E-state index contributed by atoms with van der Waals surface area (Å²) < 4.78 is 26.5. The monoisotopic (exact) mass is 305 g/mol. The Morgan fingerprint density at radius 1 is 1.35 bits per heavy atom. The summed E-state index contributed by atoms with van der Waals surface area (Å²) in [5, 5.41) is 2.82. The quantitative estimate of drug-likeness (QED) is 0.730. The number of nitrogens with one attached hydrogen (secondary N) is 1. The summed E-state index contributed by atoms with van der Waals surface area (Å²) in [5.74, 6) is 0. The van der Waals surface area contributed by atoms with Gasteiger partial charge in [-0.15, -0.1) is 0 Å². The molecule has 0 radical (unpaired) electrons. The maximum absolute atomic E-state index is 12.5. The fourth-order valence-electron chi connectivity index (χ4n) is 2.73. The van der Waals surface area contributed by atoms with Gasteiger partial charge in [-0.1, -0.05) is 20.8 Å². The van der Waals surface area contributed by atoms with Crippen LogP contribution in [0.25, 0.3) is 0 Å². The third-order valence-electron chi connectivity index (χ3n) is 4.13. The van der Waals surface area contributed by atoms with Crippen molar-refractivity contribution in [3.05, 3.63) is 0 Å². The van der Waals surface area contributed by atoms with Gasteiger partial charge >= 0.3 is 0 Å². The average Bonchev–Trinajstić information content (AvgIpc) is 2.82. The van der Waals surface area contributed by atoms with Crippen LogP contribution in [0, 0.1) is 0 Å². The molecule has 0 amide bonds. The minimum absolute atomic E-state index is 0.309. The molecule has 0 aromatic carbocycles. The van der Waals surface area contributed by atoms with Crippen LogP contribution in [0.5, 0.6) is 0 Å². The van der Waals surface area contributed by atoms with Crippen LogP contribution >= 0.6 is 0 Å². The van der Waals surface area contributed by atoms with Crippen LogP contribution in [0.15, 0.2) is 0 Å². The molecule has 1 aliphatic heterocycles. The smallest absolute Gasteiger partial charge is 0.217 e. The number of sulfonamides is 1. The van der Waals surface area contributed by atoms with Crippen molar-refractivity contribution in [1.29, 1.82) is 0 Å². The topological polar surface area (TPSA) is 52.7 Å². The third-order valence-corrected chi connectivity index (χ3v) is 6.33. The lowest BCUT2D eigenvalue weighted by molar-refractivity contribution is 0.237. The molecule has 1 N–H and O–H groups in total. The van der Waals surface area contributed by atoms with E-state index >= 15 is 0 Å². The number of hydrogen-bond acceptors (Lipinski definition) is 4. The Morgan fingerprint density at radius 2 is 2.00 bits per heavy atom. The van der Waals surface area contributed by atoms with E-state index in [1.807, 2.05) is 13.8 Å². The molecular formula is C14H31N3O2S. The minimum Gasteiger partial charge on any atom is -0.313 e. The summed E-state index contributed by atoms with van der Waals surface area (Å²) in [6, 6.07) is 0.688. The summed E-state index contributed by atoms with van der Waals surface area (Å²) in [6.07, 6.45) is 2.28. The second-order valence-electron chi connectivity index (χ2n) is 6.12. The summed E-state index contributed by atoms with van der Waals surface area (Å²) >= 11 is 0. The van der Waals surface area contributed by atoms with Gasteiger partial charge < -0.3 is 5.32 Å². The lowest BCUT2D eigenvalue weighted by Gasteiger charge is -2.29. The predicted octanol–water partition coefficient (Wildman–Crippen LogP) is 1.12. The second kappa shape index (κ2) is 7.73. The van der Waals surface area contributed by atoms with Gasteiger partial charge in [0, 0.05) is 32.2 Å². The van der Waals surface area contributed by atoms with Gasteiger partial charge in [-0.05, 0) is 32.9 Å². The standard InChI is InChI=1S/C14H31N3O2S/c1-6-17-9-7-8-14(17)11-16(5)20(18,19)13(4)10-15-12(2)3/h12-15H,6-11H2,1-5H3. The maximum atomic E-state index is 12.5. The highest BCUT2D eigenvalue weighted by Gasteiger charge is 2.31. The molecule has 1 saturated heterocycles. The summed E-state index contributed by atoms with van der Waals surface area (Å²) in [7, 11) is -1.49. The summed E-state index contributed by atoms with van der Waals surface area (Å²) in [5.41, 5.74) is 0. The first-order chi connectivity index (χ1) is 9.28. The van der Waals surface area contributed by atoms with E-state index in [-0.39, 0.29) is 5.25 Å². The van der Waals surface area contributed by atoms with Crippen molar-refractivity contribution < 1.29 is 8.42 Å². The normalized spacial score (nSPS) is 22.9. The van der Waals surface area contributed by atoms with Gasteiger partial charge in [-0.3, -0.25) is 4.90 Å². The predicted molar refractivity (Wildman–Crippen MR) is 84.4 cm³/mol. The molecule has 2 unspecified atom stereocenters. The molecule has 1 heterocycles. The van der Waals surface area contributed by atoms with Gasteiger partial charge in [0.05, 0.1) is 5.25 Å². The molecule has 1 aliphatic rings. The van der Waals surface area contributed by atoms with Crippen molar-refractivity contribution in [2.45, 2.75) is 57.9 Å². The molecule has 2 atom stereocenters. The highest BCUT2D eigenvalue weighted by molar-refractivity contribution is 7.89. The van der Waals surface area contributed by atoms with Gasteiger partial charge in [0.2, 0.25) is 10.0 Å². The summed E-state index contributed by atoms with van der Waals surface area (Å²) in [4.78, 5) is 2.38. The number of nitrogens with zero attached hydrogens (tertiary/aromatic N) is 2. The second-order valence-corrected chi connectivity index (χ2v) is 8.58. The molecule has 6 heteroatoms. The zero-order valence-corrected chi connectivity index (χ0v) is 14.4. The van der Waals surface area contributed by atoms with Gasteiger partial charge in [0.15, 0.2) is 0 Å². The third kappa shape index (κ3) is 4.69. The van der Waals surface area contributed by atoms with E-state index in [0.29, 0.717) is 25.2 Å². The molecular weight excluding hydrogens is 274 g/mol. The Hall–Kier alpha value is -0.170. The van der Waals surface area contributed by atoms with E-state index in [9.17, 15) is 8.42 Å². The van der Waals surface area contributed by atoms with E-state index < -0.39 is 10.0 Å². The molecule has 0 saturated carbocycles. The van der Waals surface area contributed by atoms with Crippen LogP contribution < -0.4 is 5.32 Å². The lowest BCUT2D eigenvalue weighted by Crippen LogP contribution is -2.46. The largest absolute Gasteiger partial charge is 0.313 e. The number of likely N-dealkylation sites (N-methyl/N-ethyl adjacent to an activating group) is 2. The molecule has 0 aromatic heterocycles.